The SMILES string of the molecule is COc1ccccc1C1Nc2ccc(C(C)=O)cc2C2C=CCC21. The van der Waals surface area contributed by atoms with Crippen LogP contribution in [-0.2, 0) is 0 Å². The first kappa shape index (κ1) is 15.0. The quantitative estimate of drug-likeness (QED) is 0.657. The molecule has 0 saturated carbocycles. The van der Waals surface area contributed by atoms with Crippen LogP contribution in [0.1, 0.15) is 46.8 Å². The van der Waals surface area contributed by atoms with Gasteiger partial charge >= 0.3 is 0 Å². The minimum atomic E-state index is 0.114. The molecule has 3 atom stereocenters. The molecule has 1 N–H and O–H groups in total. The van der Waals surface area contributed by atoms with Gasteiger partial charge in [0.05, 0.1) is 13.2 Å². The monoisotopic (exact) mass is 319 g/mol. The number of nitrogens with one attached hydrogen (secondary N) is 1. The molecule has 3 nitrogen and oxygen atoms in total. The first-order chi connectivity index (χ1) is 11.7. The van der Waals surface area contributed by atoms with Crippen molar-refractivity contribution in [2.75, 3.05) is 12.4 Å². The Morgan fingerprint density at radius 2 is 2.00 bits per heavy atom. The Morgan fingerprint density at radius 1 is 1.17 bits per heavy atom. The van der Waals surface area contributed by atoms with Crippen molar-refractivity contribution in [3.63, 3.8) is 0 Å². The maximum atomic E-state index is 11.7. The third-order valence-electron chi connectivity index (χ3n) is 5.24. The van der Waals surface area contributed by atoms with Crippen LogP contribution in [0.5, 0.6) is 5.75 Å². The lowest BCUT2D eigenvalue weighted by atomic mass is 9.76. The molecular formula is C21H21NO2. The highest BCUT2D eigenvalue weighted by molar-refractivity contribution is 5.95. The molecule has 0 fully saturated rings. The van der Waals surface area contributed by atoms with Gasteiger partial charge in [-0.05, 0) is 49.1 Å². The largest absolute Gasteiger partial charge is 0.496 e. The Labute approximate surface area is 142 Å². The number of carbonyl (C=O) groups is 1. The van der Waals surface area contributed by atoms with E-state index in [1.165, 1.54) is 11.1 Å². The molecule has 1 aliphatic heterocycles. The number of carbonyl (C=O) groups excluding carboxylic acids is 1. The summed E-state index contributed by atoms with van der Waals surface area (Å²) in [5.74, 6) is 1.82. The number of ketones is 1. The molecule has 0 amide bonds. The van der Waals surface area contributed by atoms with Gasteiger partial charge in [0.15, 0.2) is 5.78 Å². The van der Waals surface area contributed by atoms with Crippen molar-refractivity contribution < 1.29 is 9.53 Å². The van der Waals surface area contributed by atoms with Gasteiger partial charge in [0, 0.05) is 22.7 Å². The number of Topliss-reactive ketones (excluding diaryl/α,β-unsaturated/α-hetero) is 1. The van der Waals surface area contributed by atoms with Crippen LogP contribution in [0.3, 0.4) is 0 Å². The molecule has 0 spiro atoms. The van der Waals surface area contributed by atoms with Crippen molar-refractivity contribution in [1.82, 2.24) is 0 Å². The van der Waals surface area contributed by atoms with Crippen molar-refractivity contribution >= 4 is 11.5 Å². The lowest BCUT2D eigenvalue weighted by molar-refractivity contribution is 0.101. The summed E-state index contributed by atoms with van der Waals surface area (Å²) in [6.07, 6.45) is 5.58. The van der Waals surface area contributed by atoms with E-state index < -0.39 is 0 Å². The molecule has 0 aromatic heterocycles. The second-order valence-electron chi connectivity index (χ2n) is 6.58. The van der Waals surface area contributed by atoms with Gasteiger partial charge in [-0.3, -0.25) is 4.79 Å². The fourth-order valence-electron chi connectivity index (χ4n) is 4.04. The summed E-state index contributed by atoms with van der Waals surface area (Å²) in [5, 5.41) is 3.69. The second-order valence-corrected chi connectivity index (χ2v) is 6.58. The van der Waals surface area contributed by atoms with Gasteiger partial charge in [0.1, 0.15) is 5.75 Å². The predicted octanol–water partition coefficient (Wildman–Crippen LogP) is 4.72. The predicted molar refractivity (Wildman–Crippen MR) is 95.8 cm³/mol. The molecule has 0 radical (unpaired) electrons. The topological polar surface area (TPSA) is 38.3 Å². The Morgan fingerprint density at radius 3 is 2.79 bits per heavy atom. The average molecular weight is 319 g/mol. The number of rotatable bonds is 3. The maximum Gasteiger partial charge on any atom is 0.159 e. The van der Waals surface area contributed by atoms with E-state index >= 15 is 0 Å². The number of ether oxygens (including phenoxy) is 1. The molecule has 0 bridgehead atoms. The third-order valence-corrected chi connectivity index (χ3v) is 5.24. The number of para-hydroxylation sites is 1. The molecule has 4 rings (SSSR count). The standard InChI is InChI=1S/C21H21NO2/c1-13(23)14-10-11-19-18(12-14)15-7-5-8-16(15)21(22-19)17-6-3-4-9-20(17)24-2/h3-7,9-12,15-16,21-22H,8H2,1-2H3. The second kappa shape index (κ2) is 5.82. The van der Waals surface area contributed by atoms with E-state index in [4.69, 9.17) is 4.74 Å². The summed E-state index contributed by atoms with van der Waals surface area (Å²) in [7, 11) is 1.72. The van der Waals surface area contributed by atoms with Crippen LogP contribution in [-0.4, -0.2) is 12.9 Å². The summed E-state index contributed by atoms with van der Waals surface area (Å²) in [6, 6.07) is 14.4. The zero-order valence-electron chi connectivity index (χ0n) is 14.0. The summed E-state index contributed by atoms with van der Waals surface area (Å²) < 4.78 is 5.58. The Balaban J connectivity index is 1.80. The summed E-state index contributed by atoms with van der Waals surface area (Å²) in [5.41, 5.74) is 4.32. The number of methoxy groups -OCH3 is 1. The summed E-state index contributed by atoms with van der Waals surface area (Å²) in [4.78, 5) is 11.7. The average Bonchev–Trinajstić information content (AvgIpc) is 3.10. The molecule has 2 aromatic rings. The first-order valence-electron chi connectivity index (χ1n) is 8.40. The molecule has 0 saturated heterocycles. The van der Waals surface area contributed by atoms with E-state index in [0.717, 1.165) is 23.4 Å². The first-order valence-corrected chi connectivity index (χ1v) is 8.40. The van der Waals surface area contributed by atoms with Crippen molar-refractivity contribution in [2.45, 2.75) is 25.3 Å². The van der Waals surface area contributed by atoms with Gasteiger partial charge < -0.3 is 10.1 Å². The van der Waals surface area contributed by atoms with Crippen LogP contribution in [0.15, 0.2) is 54.6 Å². The summed E-state index contributed by atoms with van der Waals surface area (Å²) >= 11 is 0. The minimum Gasteiger partial charge on any atom is -0.496 e. The van der Waals surface area contributed by atoms with E-state index in [1.807, 2.05) is 24.3 Å². The van der Waals surface area contributed by atoms with Gasteiger partial charge in [-0.15, -0.1) is 0 Å². The molecular weight excluding hydrogens is 298 g/mol. The Kier molecular flexibility index (Phi) is 3.64. The van der Waals surface area contributed by atoms with Crippen molar-refractivity contribution in [2.24, 2.45) is 5.92 Å². The summed E-state index contributed by atoms with van der Waals surface area (Å²) in [6.45, 7) is 1.62. The Bertz CT molecular complexity index is 824. The van der Waals surface area contributed by atoms with Gasteiger partial charge in [-0.2, -0.15) is 0 Å². The molecule has 3 unspecified atom stereocenters. The molecule has 2 aromatic carbocycles. The lowest BCUT2D eigenvalue weighted by Crippen LogP contribution is -2.29. The van der Waals surface area contributed by atoms with Gasteiger partial charge in [-0.1, -0.05) is 30.4 Å². The van der Waals surface area contributed by atoms with Crippen LogP contribution >= 0.6 is 0 Å². The third kappa shape index (κ3) is 2.32. The smallest absolute Gasteiger partial charge is 0.159 e. The van der Waals surface area contributed by atoms with E-state index in [2.05, 4.69) is 35.7 Å². The van der Waals surface area contributed by atoms with Gasteiger partial charge in [0.2, 0.25) is 0 Å². The number of allylic oxidation sites excluding steroid dienone is 2. The normalized spacial score (nSPS) is 24.0. The molecule has 2 aliphatic rings. The van der Waals surface area contributed by atoms with Crippen LogP contribution in [0.4, 0.5) is 5.69 Å². The number of hydrogen-bond donors (Lipinski definition) is 1. The fourth-order valence-corrected chi connectivity index (χ4v) is 4.04. The van der Waals surface area contributed by atoms with Crippen molar-refractivity contribution in [3.05, 3.63) is 71.3 Å². The highest BCUT2D eigenvalue weighted by Crippen LogP contribution is 2.51. The highest BCUT2D eigenvalue weighted by Gasteiger charge is 2.39. The molecule has 1 heterocycles. The maximum absolute atomic E-state index is 11.7. The molecule has 1 aliphatic carbocycles. The Hall–Kier alpha value is -2.55. The zero-order chi connectivity index (χ0) is 16.7. The number of fused-ring (bicyclic) bond motifs is 3. The number of hydrogen-bond acceptors (Lipinski definition) is 3. The van der Waals surface area contributed by atoms with Crippen LogP contribution in [0, 0.1) is 5.92 Å². The molecule has 122 valence electrons. The van der Waals surface area contributed by atoms with E-state index in [1.54, 1.807) is 14.0 Å². The van der Waals surface area contributed by atoms with Gasteiger partial charge in [-0.25, -0.2) is 0 Å². The number of benzene rings is 2. The van der Waals surface area contributed by atoms with E-state index in [9.17, 15) is 4.79 Å². The van der Waals surface area contributed by atoms with Crippen LogP contribution in [0.25, 0.3) is 0 Å². The molecule has 24 heavy (non-hydrogen) atoms. The van der Waals surface area contributed by atoms with Crippen molar-refractivity contribution in [1.29, 1.82) is 0 Å². The highest BCUT2D eigenvalue weighted by atomic mass is 16.5. The molecule has 3 heteroatoms. The van der Waals surface area contributed by atoms with Crippen molar-refractivity contribution in [3.8, 4) is 5.75 Å². The lowest BCUT2D eigenvalue weighted by Gasteiger charge is -2.38. The van der Waals surface area contributed by atoms with Crippen LogP contribution in [0.2, 0.25) is 0 Å². The number of anilines is 1. The van der Waals surface area contributed by atoms with E-state index in [0.29, 0.717) is 11.8 Å². The van der Waals surface area contributed by atoms with E-state index in [-0.39, 0.29) is 11.8 Å². The fraction of sp³-hybridized carbons (Fsp3) is 0.286. The minimum absolute atomic E-state index is 0.114. The van der Waals surface area contributed by atoms with Gasteiger partial charge in [0.25, 0.3) is 0 Å². The zero-order valence-corrected chi connectivity index (χ0v) is 14.0. The van der Waals surface area contributed by atoms with Crippen LogP contribution < -0.4 is 10.1 Å².